The summed E-state index contributed by atoms with van der Waals surface area (Å²) in [6.07, 6.45) is 1.29. The molecule has 0 saturated heterocycles. The lowest BCUT2D eigenvalue weighted by Gasteiger charge is -2.13. The Hall–Kier alpha value is -1.84. The van der Waals surface area contributed by atoms with E-state index in [1.807, 2.05) is 30.3 Å². The summed E-state index contributed by atoms with van der Waals surface area (Å²) in [6, 6.07) is 9.66. The van der Waals surface area contributed by atoms with Crippen molar-refractivity contribution >= 4 is 11.8 Å². The molecule has 0 aromatic heterocycles. The molecule has 0 radical (unpaired) electrons. The molecular weight excluding hydrogens is 216 g/mol. The van der Waals surface area contributed by atoms with Gasteiger partial charge in [-0.15, -0.1) is 0 Å². The number of hydrogen-bond donors (Lipinski definition) is 2. The van der Waals surface area contributed by atoms with Crippen molar-refractivity contribution in [3.05, 3.63) is 35.9 Å². The highest BCUT2D eigenvalue weighted by atomic mass is 16.2. The standard InChI is InChI=1S/C13H16N2O2/c1-14-11(16)13(7-8-13)12(17)15-9-10-5-3-2-4-6-10/h2-6H,7-9H2,1H3,(H,14,16)(H,15,17). The predicted octanol–water partition coefficient (Wildman–Crippen LogP) is 0.829. The Morgan fingerprint density at radius 2 is 1.82 bits per heavy atom. The molecule has 1 aliphatic rings. The van der Waals surface area contributed by atoms with Crippen LogP contribution >= 0.6 is 0 Å². The van der Waals surface area contributed by atoms with E-state index in [0.717, 1.165) is 5.56 Å². The highest BCUT2D eigenvalue weighted by molar-refractivity contribution is 6.07. The van der Waals surface area contributed by atoms with Crippen LogP contribution in [0.4, 0.5) is 0 Å². The SMILES string of the molecule is CNC(=O)C1(C(=O)NCc2ccccc2)CC1. The van der Waals surface area contributed by atoms with Crippen molar-refractivity contribution in [2.45, 2.75) is 19.4 Å². The van der Waals surface area contributed by atoms with Crippen molar-refractivity contribution in [1.82, 2.24) is 10.6 Å². The zero-order valence-corrected chi connectivity index (χ0v) is 9.82. The van der Waals surface area contributed by atoms with Crippen LogP contribution in [0.2, 0.25) is 0 Å². The van der Waals surface area contributed by atoms with E-state index in [2.05, 4.69) is 10.6 Å². The molecule has 1 fully saturated rings. The van der Waals surface area contributed by atoms with Crippen LogP contribution in [0.1, 0.15) is 18.4 Å². The zero-order chi connectivity index (χ0) is 12.3. The van der Waals surface area contributed by atoms with Gasteiger partial charge in [-0.25, -0.2) is 0 Å². The fourth-order valence-electron chi connectivity index (χ4n) is 1.87. The van der Waals surface area contributed by atoms with Gasteiger partial charge in [-0.3, -0.25) is 9.59 Å². The maximum Gasteiger partial charge on any atom is 0.235 e. The molecule has 2 N–H and O–H groups in total. The first-order valence-electron chi connectivity index (χ1n) is 5.73. The Labute approximate surface area is 100 Å². The van der Waals surface area contributed by atoms with E-state index in [1.54, 1.807) is 7.05 Å². The van der Waals surface area contributed by atoms with Crippen molar-refractivity contribution in [1.29, 1.82) is 0 Å². The molecule has 1 aromatic carbocycles. The molecule has 0 spiro atoms. The van der Waals surface area contributed by atoms with E-state index in [4.69, 9.17) is 0 Å². The summed E-state index contributed by atoms with van der Waals surface area (Å²) in [7, 11) is 1.56. The average Bonchev–Trinajstić information content (AvgIpc) is 3.17. The molecule has 0 atom stereocenters. The summed E-state index contributed by atoms with van der Waals surface area (Å²) < 4.78 is 0. The molecule has 90 valence electrons. The predicted molar refractivity (Wildman–Crippen MR) is 64.0 cm³/mol. The molecule has 1 saturated carbocycles. The number of carbonyl (C=O) groups is 2. The first-order chi connectivity index (χ1) is 8.19. The third kappa shape index (κ3) is 2.30. The van der Waals surface area contributed by atoms with Gasteiger partial charge in [-0.05, 0) is 18.4 Å². The van der Waals surface area contributed by atoms with E-state index in [-0.39, 0.29) is 11.8 Å². The molecular formula is C13H16N2O2. The molecule has 0 heterocycles. The van der Waals surface area contributed by atoms with E-state index in [0.29, 0.717) is 19.4 Å². The minimum Gasteiger partial charge on any atom is -0.358 e. The summed E-state index contributed by atoms with van der Waals surface area (Å²) in [6.45, 7) is 0.471. The van der Waals surface area contributed by atoms with Gasteiger partial charge in [0.1, 0.15) is 5.41 Å². The Bertz CT molecular complexity index is 424. The second kappa shape index (κ2) is 4.57. The van der Waals surface area contributed by atoms with Crippen LogP contribution in [0.3, 0.4) is 0 Å². The highest BCUT2D eigenvalue weighted by Gasteiger charge is 2.55. The summed E-state index contributed by atoms with van der Waals surface area (Å²) in [5.41, 5.74) is 0.234. The molecule has 0 unspecified atom stereocenters. The quantitative estimate of drug-likeness (QED) is 0.755. The third-order valence-electron chi connectivity index (χ3n) is 3.14. The molecule has 2 rings (SSSR count). The molecule has 1 aliphatic carbocycles. The summed E-state index contributed by atoms with van der Waals surface area (Å²) >= 11 is 0. The summed E-state index contributed by atoms with van der Waals surface area (Å²) in [5, 5.41) is 5.36. The van der Waals surface area contributed by atoms with Crippen LogP contribution in [0.5, 0.6) is 0 Å². The first kappa shape index (κ1) is 11.6. The van der Waals surface area contributed by atoms with E-state index in [9.17, 15) is 9.59 Å². The van der Waals surface area contributed by atoms with Crippen LogP contribution in [-0.2, 0) is 16.1 Å². The molecule has 4 heteroatoms. The van der Waals surface area contributed by atoms with Crippen LogP contribution < -0.4 is 10.6 Å². The first-order valence-corrected chi connectivity index (χ1v) is 5.73. The Balaban J connectivity index is 1.92. The smallest absolute Gasteiger partial charge is 0.235 e. The number of hydrogen-bond acceptors (Lipinski definition) is 2. The number of nitrogens with one attached hydrogen (secondary N) is 2. The van der Waals surface area contributed by atoms with Crippen molar-refractivity contribution < 1.29 is 9.59 Å². The van der Waals surface area contributed by atoms with Gasteiger partial charge in [0, 0.05) is 13.6 Å². The van der Waals surface area contributed by atoms with E-state index >= 15 is 0 Å². The fraction of sp³-hybridized carbons (Fsp3) is 0.385. The topological polar surface area (TPSA) is 58.2 Å². The zero-order valence-electron chi connectivity index (χ0n) is 9.82. The van der Waals surface area contributed by atoms with Gasteiger partial charge in [0.05, 0.1) is 0 Å². The lowest BCUT2D eigenvalue weighted by molar-refractivity contribution is -0.137. The van der Waals surface area contributed by atoms with Gasteiger partial charge >= 0.3 is 0 Å². The van der Waals surface area contributed by atoms with Crippen LogP contribution in [0.15, 0.2) is 30.3 Å². The normalized spacial score (nSPS) is 16.1. The van der Waals surface area contributed by atoms with Gasteiger partial charge in [0.25, 0.3) is 0 Å². The lowest BCUT2D eigenvalue weighted by atomic mass is 10.1. The van der Waals surface area contributed by atoms with E-state index in [1.165, 1.54) is 0 Å². The van der Waals surface area contributed by atoms with Crippen molar-refractivity contribution in [3.63, 3.8) is 0 Å². The Kier molecular flexibility index (Phi) is 3.13. The summed E-state index contributed by atoms with van der Waals surface area (Å²) in [5.74, 6) is -0.344. The number of carbonyl (C=O) groups excluding carboxylic acids is 2. The molecule has 17 heavy (non-hydrogen) atoms. The second-order valence-electron chi connectivity index (χ2n) is 4.33. The molecule has 0 aliphatic heterocycles. The van der Waals surface area contributed by atoms with Gasteiger partial charge in [-0.1, -0.05) is 30.3 Å². The number of benzene rings is 1. The van der Waals surface area contributed by atoms with Crippen LogP contribution in [0, 0.1) is 5.41 Å². The minimum atomic E-state index is -0.802. The van der Waals surface area contributed by atoms with Crippen LogP contribution in [-0.4, -0.2) is 18.9 Å². The molecule has 4 nitrogen and oxygen atoms in total. The Morgan fingerprint density at radius 3 is 2.35 bits per heavy atom. The average molecular weight is 232 g/mol. The highest BCUT2D eigenvalue weighted by Crippen LogP contribution is 2.46. The largest absolute Gasteiger partial charge is 0.358 e. The van der Waals surface area contributed by atoms with Crippen molar-refractivity contribution in [2.24, 2.45) is 5.41 Å². The van der Waals surface area contributed by atoms with Gasteiger partial charge in [0.15, 0.2) is 0 Å². The lowest BCUT2D eigenvalue weighted by Crippen LogP contribution is -2.41. The summed E-state index contributed by atoms with van der Waals surface area (Å²) in [4.78, 5) is 23.5. The second-order valence-corrected chi connectivity index (χ2v) is 4.33. The number of rotatable bonds is 4. The molecule has 1 aromatic rings. The van der Waals surface area contributed by atoms with Gasteiger partial charge < -0.3 is 10.6 Å². The molecule has 0 bridgehead atoms. The maximum absolute atomic E-state index is 11.9. The van der Waals surface area contributed by atoms with E-state index < -0.39 is 5.41 Å². The fourth-order valence-corrected chi connectivity index (χ4v) is 1.87. The van der Waals surface area contributed by atoms with Crippen molar-refractivity contribution in [2.75, 3.05) is 7.05 Å². The Morgan fingerprint density at radius 1 is 1.18 bits per heavy atom. The van der Waals surface area contributed by atoms with Crippen molar-refractivity contribution in [3.8, 4) is 0 Å². The van der Waals surface area contributed by atoms with Gasteiger partial charge in [-0.2, -0.15) is 0 Å². The van der Waals surface area contributed by atoms with Gasteiger partial charge in [0.2, 0.25) is 11.8 Å². The number of amides is 2. The van der Waals surface area contributed by atoms with Crippen LogP contribution in [0.25, 0.3) is 0 Å². The maximum atomic E-state index is 11.9. The third-order valence-corrected chi connectivity index (χ3v) is 3.14. The minimum absolute atomic E-state index is 0.166. The monoisotopic (exact) mass is 232 g/mol. The molecule has 2 amide bonds.